The van der Waals surface area contributed by atoms with Crippen LogP contribution in [-0.4, -0.2) is 33.0 Å². The fraction of sp³-hybridized carbons (Fsp3) is 0.286. The monoisotopic (exact) mass is 396 g/mol. The molecule has 2 aromatic carbocycles. The highest BCUT2D eigenvalue weighted by Gasteiger charge is 2.43. The molecule has 1 N–H and O–H groups in total. The molecule has 28 heavy (non-hydrogen) atoms. The first-order valence-electron chi connectivity index (χ1n) is 9.07. The van der Waals surface area contributed by atoms with Gasteiger partial charge in [-0.2, -0.15) is 0 Å². The van der Waals surface area contributed by atoms with Crippen molar-refractivity contribution >= 4 is 33.6 Å². The van der Waals surface area contributed by atoms with Gasteiger partial charge in [0.2, 0.25) is 5.91 Å². The third kappa shape index (κ3) is 3.39. The number of hydrogen-bond acceptors (Lipinski definition) is 6. The Morgan fingerprint density at radius 3 is 2.79 bits per heavy atom. The average molecular weight is 396 g/mol. The highest BCUT2D eigenvalue weighted by Crippen LogP contribution is 2.34. The summed E-state index contributed by atoms with van der Waals surface area (Å²) in [5, 5.41) is 11.5. The van der Waals surface area contributed by atoms with Gasteiger partial charge in [-0.1, -0.05) is 36.4 Å². The molecule has 6 nitrogen and oxygen atoms in total. The third-order valence-corrected chi connectivity index (χ3v) is 5.89. The second-order valence-corrected chi connectivity index (χ2v) is 8.13. The second kappa shape index (κ2) is 7.33. The number of aliphatic hydroxyl groups excluding tert-OH is 1. The van der Waals surface area contributed by atoms with Crippen molar-refractivity contribution in [1.29, 1.82) is 0 Å². The zero-order chi connectivity index (χ0) is 19.8. The maximum absolute atomic E-state index is 12.7. The van der Waals surface area contributed by atoms with Crippen LogP contribution in [0.4, 0.5) is 4.79 Å². The number of fused-ring (bicyclic) bond motifs is 1. The Balaban J connectivity index is 1.49. The lowest BCUT2D eigenvalue weighted by molar-refractivity contribution is -0.131. The number of rotatable bonds is 4. The maximum Gasteiger partial charge on any atom is 0.417 e. The van der Waals surface area contributed by atoms with Gasteiger partial charge in [-0.15, -0.1) is 11.3 Å². The average Bonchev–Trinajstić information content (AvgIpc) is 3.19. The number of aliphatic hydroxyl groups is 1. The predicted octanol–water partition coefficient (Wildman–Crippen LogP) is 4.14. The number of ether oxygens (including phenoxy) is 1. The highest BCUT2D eigenvalue weighted by molar-refractivity contribution is 7.18. The number of carbonyl (C=O) groups is 2. The molecule has 0 spiro atoms. The number of cyclic esters (lactones) is 1. The van der Waals surface area contributed by atoms with E-state index in [9.17, 15) is 14.7 Å². The zero-order valence-corrected chi connectivity index (χ0v) is 16.3. The van der Waals surface area contributed by atoms with Gasteiger partial charge in [-0.3, -0.25) is 4.79 Å². The highest BCUT2D eigenvalue weighted by atomic mass is 32.1. The summed E-state index contributed by atoms with van der Waals surface area (Å²) in [6, 6.07) is 14.3. The number of carbonyl (C=O) groups excluding carboxylic acids is 2. The molecule has 1 aliphatic rings. The van der Waals surface area contributed by atoms with E-state index in [0.717, 1.165) is 25.7 Å². The summed E-state index contributed by atoms with van der Waals surface area (Å²) in [7, 11) is 0. The van der Waals surface area contributed by atoms with E-state index < -0.39 is 30.3 Å². The molecule has 0 saturated carbocycles. The topological polar surface area (TPSA) is 79.7 Å². The van der Waals surface area contributed by atoms with Crippen LogP contribution in [0, 0.1) is 6.92 Å². The molecule has 1 saturated heterocycles. The standard InChI is InChI=1S/C21H20N2O4S/c1-12-20(14-6-4-3-5-7-14)27-21(26)23(12)19(25)11-17(24)15-8-9-18-16(10-15)22-13(2)28-18/h3-10,12,17,20,24H,11H2,1-2H3/t12-,17+,20-/m0/s1. The molecule has 3 atom stereocenters. The molecule has 1 fully saturated rings. The van der Waals surface area contributed by atoms with E-state index in [-0.39, 0.29) is 6.42 Å². The Labute approximate surface area is 166 Å². The zero-order valence-electron chi connectivity index (χ0n) is 15.5. The minimum Gasteiger partial charge on any atom is -0.439 e. The minimum absolute atomic E-state index is 0.199. The van der Waals surface area contributed by atoms with Gasteiger partial charge in [0.1, 0.15) is 6.10 Å². The van der Waals surface area contributed by atoms with Crippen LogP contribution in [0.2, 0.25) is 0 Å². The van der Waals surface area contributed by atoms with Crippen LogP contribution < -0.4 is 0 Å². The molecule has 1 aliphatic heterocycles. The van der Waals surface area contributed by atoms with Crippen molar-refractivity contribution in [2.75, 3.05) is 0 Å². The quantitative estimate of drug-likeness (QED) is 0.717. The van der Waals surface area contributed by atoms with Crippen LogP contribution in [-0.2, 0) is 9.53 Å². The summed E-state index contributed by atoms with van der Waals surface area (Å²) in [5.41, 5.74) is 2.24. The smallest absolute Gasteiger partial charge is 0.417 e. The first-order chi connectivity index (χ1) is 13.4. The molecule has 3 aromatic rings. The van der Waals surface area contributed by atoms with Crippen LogP contribution in [0.1, 0.15) is 41.7 Å². The van der Waals surface area contributed by atoms with Crippen molar-refractivity contribution in [2.24, 2.45) is 0 Å². The van der Waals surface area contributed by atoms with Crippen LogP contribution in [0.5, 0.6) is 0 Å². The summed E-state index contributed by atoms with van der Waals surface area (Å²) < 4.78 is 6.45. The number of benzene rings is 2. The van der Waals surface area contributed by atoms with Crippen molar-refractivity contribution < 1.29 is 19.4 Å². The summed E-state index contributed by atoms with van der Waals surface area (Å²) in [5.74, 6) is -0.460. The molecular formula is C21H20N2O4S. The maximum atomic E-state index is 12.7. The van der Waals surface area contributed by atoms with Crippen molar-refractivity contribution in [3.8, 4) is 0 Å². The lowest BCUT2D eigenvalue weighted by atomic mass is 10.0. The van der Waals surface area contributed by atoms with Gasteiger partial charge in [-0.05, 0) is 37.1 Å². The number of nitrogens with zero attached hydrogens (tertiary/aromatic N) is 2. The fourth-order valence-corrected chi connectivity index (χ4v) is 4.34. The third-order valence-electron chi connectivity index (χ3n) is 4.94. The van der Waals surface area contributed by atoms with Crippen LogP contribution in [0.3, 0.4) is 0 Å². The Hall–Kier alpha value is -2.77. The Morgan fingerprint density at radius 1 is 1.29 bits per heavy atom. The van der Waals surface area contributed by atoms with Crippen LogP contribution in [0.25, 0.3) is 10.2 Å². The molecule has 0 aliphatic carbocycles. The Kier molecular flexibility index (Phi) is 4.87. The number of hydrogen-bond donors (Lipinski definition) is 1. The van der Waals surface area contributed by atoms with E-state index in [4.69, 9.17) is 4.74 Å². The number of aromatic nitrogens is 1. The fourth-order valence-electron chi connectivity index (χ4n) is 3.53. The lowest BCUT2D eigenvalue weighted by Gasteiger charge is -2.20. The second-order valence-electron chi connectivity index (χ2n) is 6.90. The van der Waals surface area contributed by atoms with Gasteiger partial charge in [-0.25, -0.2) is 14.7 Å². The SMILES string of the molecule is Cc1nc2cc([C@H](O)CC(=O)N3C(=O)O[C@H](c4ccccc4)[C@@H]3C)ccc2s1. The summed E-state index contributed by atoms with van der Waals surface area (Å²) in [6.07, 6.45) is -2.40. The van der Waals surface area contributed by atoms with E-state index in [1.54, 1.807) is 30.4 Å². The van der Waals surface area contributed by atoms with Gasteiger partial charge in [0.05, 0.1) is 33.8 Å². The van der Waals surface area contributed by atoms with Crippen molar-refractivity contribution in [3.05, 3.63) is 64.7 Å². The first kappa shape index (κ1) is 18.6. The lowest BCUT2D eigenvalue weighted by Crippen LogP contribution is -2.38. The molecule has 0 radical (unpaired) electrons. The molecule has 0 unspecified atom stereocenters. The van der Waals surface area contributed by atoms with Gasteiger partial charge in [0.25, 0.3) is 0 Å². The molecule has 2 heterocycles. The molecule has 7 heteroatoms. The normalized spacial score (nSPS) is 20.4. The van der Waals surface area contributed by atoms with Gasteiger partial charge in [0, 0.05) is 0 Å². The first-order valence-corrected chi connectivity index (χ1v) is 9.88. The van der Waals surface area contributed by atoms with Gasteiger partial charge < -0.3 is 9.84 Å². The van der Waals surface area contributed by atoms with E-state index in [1.807, 2.05) is 43.3 Å². The molecule has 144 valence electrons. The van der Waals surface area contributed by atoms with Crippen molar-refractivity contribution in [2.45, 2.75) is 38.5 Å². The molecule has 1 aromatic heterocycles. The summed E-state index contributed by atoms with van der Waals surface area (Å²) in [6.45, 7) is 3.70. The van der Waals surface area contributed by atoms with E-state index in [0.29, 0.717) is 5.56 Å². The van der Waals surface area contributed by atoms with E-state index in [2.05, 4.69) is 4.98 Å². The van der Waals surface area contributed by atoms with Gasteiger partial charge in [0.15, 0.2) is 0 Å². The Bertz CT molecular complexity index is 1030. The minimum atomic E-state index is -1.02. The van der Waals surface area contributed by atoms with Crippen LogP contribution in [0.15, 0.2) is 48.5 Å². The summed E-state index contributed by atoms with van der Waals surface area (Å²) >= 11 is 1.58. The molecular weight excluding hydrogens is 376 g/mol. The van der Waals surface area contributed by atoms with Crippen molar-refractivity contribution in [1.82, 2.24) is 9.88 Å². The number of aryl methyl sites for hydroxylation is 1. The Morgan fingerprint density at radius 2 is 2.04 bits per heavy atom. The largest absolute Gasteiger partial charge is 0.439 e. The number of thiazole rings is 1. The van der Waals surface area contributed by atoms with E-state index >= 15 is 0 Å². The summed E-state index contributed by atoms with van der Waals surface area (Å²) in [4.78, 5) is 30.6. The van der Waals surface area contributed by atoms with E-state index in [1.165, 1.54) is 0 Å². The molecule has 4 rings (SSSR count). The predicted molar refractivity (Wildman–Crippen MR) is 106 cm³/mol. The molecule has 2 amide bonds. The van der Waals surface area contributed by atoms with Crippen molar-refractivity contribution in [3.63, 3.8) is 0 Å². The van der Waals surface area contributed by atoms with Crippen LogP contribution >= 0.6 is 11.3 Å². The molecule has 0 bridgehead atoms. The number of amides is 2. The number of imide groups is 1. The van der Waals surface area contributed by atoms with Gasteiger partial charge >= 0.3 is 6.09 Å².